The van der Waals surface area contributed by atoms with Crippen molar-refractivity contribution >= 4 is 17.6 Å². The lowest BCUT2D eigenvalue weighted by Gasteiger charge is -2.13. The molecule has 1 aromatic carbocycles. The largest absolute Gasteiger partial charge is 0.493 e. The molecule has 0 amide bonds. The van der Waals surface area contributed by atoms with Crippen molar-refractivity contribution in [3.05, 3.63) is 22.7 Å². The van der Waals surface area contributed by atoms with Gasteiger partial charge in [-0.15, -0.1) is 0 Å². The third-order valence-corrected chi connectivity index (χ3v) is 2.90. The fourth-order valence-corrected chi connectivity index (χ4v) is 1.82. The molecule has 0 fully saturated rings. The molecule has 5 nitrogen and oxygen atoms in total. The molecule has 0 heterocycles. The van der Waals surface area contributed by atoms with E-state index in [2.05, 4.69) is 0 Å². The zero-order valence-corrected chi connectivity index (χ0v) is 12.5. The zero-order valence-electron chi connectivity index (χ0n) is 11.8. The van der Waals surface area contributed by atoms with Gasteiger partial charge in [0.1, 0.15) is 0 Å². The van der Waals surface area contributed by atoms with Gasteiger partial charge in [0.05, 0.1) is 18.7 Å². The molecule has 112 valence electrons. The number of esters is 1. The Labute approximate surface area is 123 Å². The van der Waals surface area contributed by atoms with Crippen LogP contribution in [-0.2, 0) is 16.1 Å². The summed E-state index contributed by atoms with van der Waals surface area (Å²) in [6.07, 6.45) is 1.80. The van der Waals surface area contributed by atoms with E-state index < -0.39 is 5.97 Å². The molecule has 0 spiro atoms. The van der Waals surface area contributed by atoms with Gasteiger partial charge in [-0.2, -0.15) is 0 Å². The van der Waals surface area contributed by atoms with Crippen molar-refractivity contribution in [1.29, 1.82) is 0 Å². The monoisotopic (exact) mass is 301 g/mol. The number of ether oxygens (including phenoxy) is 3. The van der Waals surface area contributed by atoms with E-state index in [4.69, 9.17) is 31.5 Å². The van der Waals surface area contributed by atoms with Crippen molar-refractivity contribution in [2.24, 2.45) is 5.73 Å². The van der Waals surface area contributed by atoms with Crippen molar-refractivity contribution in [1.82, 2.24) is 0 Å². The van der Waals surface area contributed by atoms with E-state index >= 15 is 0 Å². The normalized spacial score (nSPS) is 10.2. The third-order valence-electron chi connectivity index (χ3n) is 2.62. The predicted molar refractivity (Wildman–Crippen MR) is 77.3 cm³/mol. The number of nitrogens with two attached hydrogens (primary N) is 1. The quantitative estimate of drug-likeness (QED) is 0.590. The van der Waals surface area contributed by atoms with Crippen LogP contribution in [-0.4, -0.2) is 26.3 Å². The van der Waals surface area contributed by atoms with Crippen LogP contribution in [0.2, 0.25) is 5.02 Å². The first-order valence-electron chi connectivity index (χ1n) is 6.47. The zero-order chi connectivity index (χ0) is 15.0. The molecule has 0 saturated heterocycles. The number of hydrogen-bond acceptors (Lipinski definition) is 5. The van der Waals surface area contributed by atoms with E-state index in [1.165, 1.54) is 7.11 Å². The Morgan fingerprint density at radius 3 is 2.75 bits per heavy atom. The maximum Gasteiger partial charge on any atom is 0.344 e. The van der Waals surface area contributed by atoms with Gasteiger partial charge in [-0.05, 0) is 24.1 Å². The number of rotatable bonds is 8. The second-order valence-electron chi connectivity index (χ2n) is 4.18. The number of carbonyl (C=O) groups is 1. The van der Waals surface area contributed by atoms with Gasteiger partial charge >= 0.3 is 5.97 Å². The lowest BCUT2D eigenvalue weighted by atomic mass is 10.2. The highest BCUT2D eigenvalue weighted by Gasteiger charge is 2.14. The number of carbonyl (C=O) groups excluding carboxylic acids is 1. The molecule has 0 radical (unpaired) electrons. The maximum absolute atomic E-state index is 11.5. The fraction of sp³-hybridized carbons (Fsp3) is 0.500. The van der Waals surface area contributed by atoms with Gasteiger partial charge in [-0.3, -0.25) is 0 Å². The van der Waals surface area contributed by atoms with Crippen LogP contribution in [0.25, 0.3) is 0 Å². The highest BCUT2D eigenvalue weighted by molar-refractivity contribution is 6.32. The Balaban J connectivity index is 2.65. The van der Waals surface area contributed by atoms with Crippen LogP contribution in [0.4, 0.5) is 0 Å². The summed E-state index contributed by atoms with van der Waals surface area (Å²) in [5.74, 6) is 0.331. The van der Waals surface area contributed by atoms with Gasteiger partial charge in [0.15, 0.2) is 18.1 Å². The molecular weight excluding hydrogens is 282 g/mol. The SMILES string of the molecule is CCCCOC(=O)COc1c(Cl)cc(CN)cc1OC. The molecule has 20 heavy (non-hydrogen) atoms. The summed E-state index contributed by atoms with van der Waals surface area (Å²) in [7, 11) is 1.50. The molecule has 0 bridgehead atoms. The van der Waals surface area contributed by atoms with E-state index in [1.807, 2.05) is 6.92 Å². The van der Waals surface area contributed by atoms with E-state index in [-0.39, 0.29) is 6.61 Å². The summed E-state index contributed by atoms with van der Waals surface area (Å²) in [6, 6.07) is 3.41. The standard InChI is InChI=1S/C14H20ClNO4/c1-3-4-5-19-13(17)9-20-14-11(15)6-10(8-16)7-12(14)18-2/h6-7H,3-5,8-9,16H2,1-2H3. The van der Waals surface area contributed by atoms with E-state index in [0.29, 0.717) is 29.7 Å². The molecule has 0 atom stereocenters. The second kappa shape index (κ2) is 8.66. The smallest absolute Gasteiger partial charge is 0.344 e. The minimum Gasteiger partial charge on any atom is -0.493 e. The number of methoxy groups -OCH3 is 1. The minimum absolute atomic E-state index is 0.207. The first-order chi connectivity index (χ1) is 9.62. The summed E-state index contributed by atoms with van der Waals surface area (Å²) < 4.78 is 15.6. The average molecular weight is 302 g/mol. The van der Waals surface area contributed by atoms with Crippen molar-refractivity contribution in [2.45, 2.75) is 26.3 Å². The Hall–Kier alpha value is -1.46. The average Bonchev–Trinajstić information content (AvgIpc) is 2.45. The van der Waals surface area contributed by atoms with Crippen molar-refractivity contribution in [3.63, 3.8) is 0 Å². The second-order valence-corrected chi connectivity index (χ2v) is 4.58. The Kier molecular flexibility index (Phi) is 7.18. The highest BCUT2D eigenvalue weighted by atomic mass is 35.5. The van der Waals surface area contributed by atoms with Gasteiger partial charge in [-0.1, -0.05) is 24.9 Å². The minimum atomic E-state index is -0.431. The molecule has 0 aliphatic carbocycles. The van der Waals surface area contributed by atoms with Crippen LogP contribution in [0.5, 0.6) is 11.5 Å². The molecular formula is C14H20ClNO4. The predicted octanol–water partition coefficient (Wildman–Crippen LogP) is 2.53. The first-order valence-corrected chi connectivity index (χ1v) is 6.85. The van der Waals surface area contributed by atoms with Crippen LogP contribution in [0.3, 0.4) is 0 Å². The summed E-state index contributed by atoms with van der Waals surface area (Å²) in [6.45, 7) is 2.56. The number of benzene rings is 1. The van der Waals surface area contributed by atoms with Gasteiger partial charge in [-0.25, -0.2) is 4.79 Å². The number of halogens is 1. The first kappa shape index (κ1) is 16.6. The maximum atomic E-state index is 11.5. The Morgan fingerprint density at radius 1 is 1.40 bits per heavy atom. The van der Waals surface area contributed by atoms with Gasteiger partial charge in [0, 0.05) is 6.54 Å². The van der Waals surface area contributed by atoms with Crippen molar-refractivity contribution in [3.8, 4) is 11.5 Å². The van der Waals surface area contributed by atoms with Crippen LogP contribution < -0.4 is 15.2 Å². The Morgan fingerprint density at radius 2 is 2.15 bits per heavy atom. The lowest BCUT2D eigenvalue weighted by molar-refractivity contribution is -0.146. The van der Waals surface area contributed by atoms with Crippen LogP contribution in [0.15, 0.2) is 12.1 Å². The molecule has 2 N–H and O–H groups in total. The molecule has 1 rings (SSSR count). The fourth-order valence-electron chi connectivity index (χ4n) is 1.53. The molecule has 6 heteroatoms. The molecule has 0 saturated carbocycles. The molecule has 0 aliphatic rings. The number of hydrogen-bond donors (Lipinski definition) is 1. The van der Waals surface area contributed by atoms with E-state index in [0.717, 1.165) is 18.4 Å². The van der Waals surface area contributed by atoms with Crippen LogP contribution in [0, 0.1) is 0 Å². The summed E-state index contributed by atoms with van der Waals surface area (Å²) in [4.78, 5) is 11.5. The third kappa shape index (κ3) is 4.90. The summed E-state index contributed by atoms with van der Waals surface area (Å²) >= 11 is 6.09. The molecule has 0 aromatic heterocycles. The van der Waals surface area contributed by atoms with Crippen molar-refractivity contribution in [2.75, 3.05) is 20.3 Å². The van der Waals surface area contributed by atoms with Crippen LogP contribution >= 0.6 is 11.6 Å². The van der Waals surface area contributed by atoms with Crippen LogP contribution in [0.1, 0.15) is 25.3 Å². The van der Waals surface area contributed by atoms with Crippen molar-refractivity contribution < 1.29 is 19.0 Å². The Bertz CT molecular complexity index is 451. The lowest BCUT2D eigenvalue weighted by Crippen LogP contribution is -2.16. The van der Waals surface area contributed by atoms with Gasteiger partial charge in [0.2, 0.25) is 0 Å². The topological polar surface area (TPSA) is 70.8 Å². The summed E-state index contributed by atoms with van der Waals surface area (Å²) in [5, 5.41) is 0.353. The van der Waals surface area contributed by atoms with Gasteiger partial charge < -0.3 is 19.9 Å². The van der Waals surface area contributed by atoms with Gasteiger partial charge in [0.25, 0.3) is 0 Å². The summed E-state index contributed by atoms with van der Waals surface area (Å²) in [5.41, 5.74) is 6.38. The molecule has 0 aliphatic heterocycles. The highest BCUT2D eigenvalue weighted by Crippen LogP contribution is 2.36. The molecule has 0 unspecified atom stereocenters. The molecule has 1 aromatic rings. The van der Waals surface area contributed by atoms with E-state index in [9.17, 15) is 4.79 Å². The number of unbranched alkanes of at least 4 members (excludes halogenated alkanes) is 1. The van der Waals surface area contributed by atoms with E-state index in [1.54, 1.807) is 12.1 Å².